The number of carbonyl (C=O) groups is 1. The standard InChI is InChI=1S/C14H14O2/c15-12-7-9-16-14(10-12)8-3-5-11-4-1-2-6-13(11)14/h1-2,4,6-7,9H,3,5,8,10H2. The van der Waals surface area contributed by atoms with E-state index in [-0.39, 0.29) is 11.4 Å². The molecular weight excluding hydrogens is 200 g/mol. The summed E-state index contributed by atoms with van der Waals surface area (Å²) in [7, 11) is 0. The lowest BCUT2D eigenvalue weighted by molar-refractivity contribution is -0.124. The first kappa shape index (κ1) is 9.64. The summed E-state index contributed by atoms with van der Waals surface area (Å²) in [4.78, 5) is 11.6. The van der Waals surface area contributed by atoms with Gasteiger partial charge >= 0.3 is 0 Å². The van der Waals surface area contributed by atoms with Crippen molar-refractivity contribution >= 4 is 5.78 Å². The summed E-state index contributed by atoms with van der Waals surface area (Å²) < 4.78 is 5.80. The highest BCUT2D eigenvalue weighted by atomic mass is 16.5. The van der Waals surface area contributed by atoms with Crippen molar-refractivity contribution in [2.75, 3.05) is 0 Å². The summed E-state index contributed by atoms with van der Waals surface area (Å²) >= 11 is 0. The molecule has 3 rings (SSSR count). The maximum atomic E-state index is 11.6. The molecule has 0 N–H and O–H groups in total. The van der Waals surface area contributed by atoms with Gasteiger partial charge in [-0.1, -0.05) is 24.3 Å². The van der Waals surface area contributed by atoms with Gasteiger partial charge < -0.3 is 4.74 Å². The Morgan fingerprint density at radius 2 is 2.12 bits per heavy atom. The molecule has 2 nitrogen and oxygen atoms in total. The van der Waals surface area contributed by atoms with Gasteiger partial charge in [-0.2, -0.15) is 0 Å². The number of aryl methyl sites for hydroxylation is 1. The first-order valence-electron chi connectivity index (χ1n) is 5.76. The van der Waals surface area contributed by atoms with Gasteiger partial charge in [-0.05, 0) is 30.4 Å². The molecule has 0 saturated carbocycles. The summed E-state index contributed by atoms with van der Waals surface area (Å²) in [5.74, 6) is 0.169. The Labute approximate surface area is 94.9 Å². The molecule has 0 amide bonds. The highest BCUT2D eigenvalue weighted by Crippen LogP contribution is 2.42. The van der Waals surface area contributed by atoms with Crippen LogP contribution in [0, 0.1) is 0 Å². The van der Waals surface area contributed by atoms with Gasteiger partial charge in [-0.25, -0.2) is 0 Å². The third-order valence-electron chi connectivity index (χ3n) is 3.54. The molecule has 1 heterocycles. The van der Waals surface area contributed by atoms with Crippen molar-refractivity contribution in [1.29, 1.82) is 0 Å². The molecule has 0 radical (unpaired) electrons. The number of hydrogen-bond acceptors (Lipinski definition) is 2. The van der Waals surface area contributed by atoms with Crippen LogP contribution in [0.25, 0.3) is 0 Å². The smallest absolute Gasteiger partial charge is 0.163 e. The van der Waals surface area contributed by atoms with Gasteiger partial charge in [0.2, 0.25) is 0 Å². The zero-order valence-electron chi connectivity index (χ0n) is 9.11. The molecule has 0 bridgehead atoms. The van der Waals surface area contributed by atoms with Crippen LogP contribution in [-0.4, -0.2) is 5.78 Å². The Morgan fingerprint density at radius 1 is 1.25 bits per heavy atom. The molecule has 1 aromatic carbocycles. The summed E-state index contributed by atoms with van der Waals surface area (Å²) in [6.07, 6.45) is 6.72. The monoisotopic (exact) mass is 214 g/mol. The highest BCUT2D eigenvalue weighted by Gasteiger charge is 2.40. The Morgan fingerprint density at radius 3 is 3.00 bits per heavy atom. The van der Waals surface area contributed by atoms with E-state index >= 15 is 0 Å². The molecule has 0 fully saturated rings. The average molecular weight is 214 g/mol. The second kappa shape index (κ2) is 3.48. The predicted molar refractivity (Wildman–Crippen MR) is 60.9 cm³/mol. The fourth-order valence-electron chi connectivity index (χ4n) is 2.81. The van der Waals surface area contributed by atoms with Crippen molar-refractivity contribution in [3.63, 3.8) is 0 Å². The van der Waals surface area contributed by atoms with Crippen LogP contribution < -0.4 is 0 Å². The molecule has 2 heteroatoms. The van der Waals surface area contributed by atoms with E-state index < -0.39 is 0 Å². The van der Waals surface area contributed by atoms with Crippen molar-refractivity contribution in [3.8, 4) is 0 Å². The first-order chi connectivity index (χ1) is 7.80. The largest absolute Gasteiger partial charge is 0.490 e. The van der Waals surface area contributed by atoms with Crippen LogP contribution >= 0.6 is 0 Å². The Bertz CT molecular complexity index is 462. The van der Waals surface area contributed by atoms with Crippen LogP contribution in [0.2, 0.25) is 0 Å². The summed E-state index contributed by atoms with van der Waals surface area (Å²) in [6.45, 7) is 0. The second-order valence-electron chi connectivity index (χ2n) is 4.57. The predicted octanol–water partition coefficient (Wildman–Crippen LogP) is 2.72. The number of rotatable bonds is 0. The van der Waals surface area contributed by atoms with E-state index in [0.29, 0.717) is 6.42 Å². The van der Waals surface area contributed by atoms with Crippen LogP contribution in [0.5, 0.6) is 0 Å². The number of ketones is 1. The maximum absolute atomic E-state index is 11.6. The lowest BCUT2D eigenvalue weighted by Crippen LogP contribution is -2.36. The number of allylic oxidation sites excluding steroid dienone is 1. The third kappa shape index (κ3) is 1.37. The molecule has 2 aliphatic rings. The SMILES string of the molecule is O=C1C=COC2(CCCc3ccccc32)C1. The van der Waals surface area contributed by atoms with E-state index in [0.717, 1.165) is 19.3 Å². The zero-order valence-corrected chi connectivity index (χ0v) is 9.11. The van der Waals surface area contributed by atoms with Crippen molar-refractivity contribution in [3.05, 3.63) is 47.7 Å². The van der Waals surface area contributed by atoms with Gasteiger partial charge in [-0.3, -0.25) is 4.79 Å². The molecular formula is C14H14O2. The number of carbonyl (C=O) groups excluding carboxylic acids is 1. The Kier molecular flexibility index (Phi) is 2.10. The molecule has 1 spiro atoms. The fraction of sp³-hybridized carbons (Fsp3) is 0.357. The minimum atomic E-state index is -0.374. The molecule has 16 heavy (non-hydrogen) atoms. The van der Waals surface area contributed by atoms with Gasteiger partial charge in [0.15, 0.2) is 5.78 Å². The maximum Gasteiger partial charge on any atom is 0.163 e. The molecule has 82 valence electrons. The minimum absolute atomic E-state index is 0.169. The van der Waals surface area contributed by atoms with Gasteiger partial charge in [-0.15, -0.1) is 0 Å². The fourth-order valence-corrected chi connectivity index (χ4v) is 2.81. The molecule has 0 aromatic heterocycles. The third-order valence-corrected chi connectivity index (χ3v) is 3.54. The average Bonchev–Trinajstić information content (AvgIpc) is 2.30. The zero-order chi connectivity index (χ0) is 11.0. The van der Waals surface area contributed by atoms with Crippen LogP contribution in [0.3, 0.4) is 0 Å². The van der Waals surface area contributed by atoms with Crippen LogP contribution in [0.4, 0.5) is 0 Å². The van der Waals surface area contributed by atoms with E-state index in [4.69, 9.17) is 4.74 Å². The lowest BCUT2D eigenvalue weighted by Gasteiger charge is -2.39. The van der Waals surface area contributed by atoms with Crippen molar-refractivity contribution < 1.29 is 9.53 Å². The molecule has 1 aliphatic carbocycles. The van der Waals surface area contributed by atoms with Crippen LogP contribution in [-0.2, 0) is 21.6 Å². The van der Waals surface area contributed by atoms with Gasteiger partial charge in [0.25, 0.3) is 0 Å². The lowest BCUT2D eigenvalue weighted by atomic mass is 9.75. The van der Waals surface area contributed by atoms with Crippen LogP contribution in [0.15, 0.2) is 36.6 Å². The second-order valence-corrected chi connectivity index (χ2v) is 4.57. The molecule has 1 atom stereocenters. The van der Waals surface area contributed by atoms with Gasteiger partial charge in [0, 0.05) is 6.08 Å². The first-order valence-corrected chi connectivity index (χ1v) is 5.76. The van der Waals surface area contributed by atoms with E-state index in [1.54, 1.807) is 6.26 Å². The van der Waals surface area contributed by atoms with Crippen molar-refractivity contribution in [2.45, 2.75) is 31.3 Å². The Balaban J connectivity index is 2.10. The molecule has 1 aromatic rings. The van der Waals surface area contributed by atoms with E-state index in [1.807, 2.05) is 6.07 Å². The Hall–Kier alpha value is -1.57. The van der Waals surface area contributed by atoms with Gasteiger partial charge in [0.05, 0.1) is 12.7 Å². The summed E-state index contributed by atoms with van der Waals surface area (Å²) in [6, 6.07) is 8.32. The summed E-state index contributed by atoms with van der Waals surface area (Å²) in [5, 5.41) is 0. The van der Waals surface area contributed by atoms with E-state index in [2.05, 4.69) is 18.2 Å². The topological polar surface area (TPSA) is 26.3 Å². The number of ether oxygens (including phenoxy) is 1. The number of hydrogen-bond donors (Lipinski definition) is 0. The summed E-state index contributed by atoms with van der Waals surface area (Å²) in [5.41, 5.74) is 2.16. The van der Waals surface area contributed by atoms with Crippen molar-refractivity contribution in [1.82, 2.24) is 0 Å². The molecule has 1 aliphatic heterocycles. The number of benzene rings is 1. The van der Waals surface area contributed by atoms with E-state index in [1.165, 1.54) is 17.2 Å². The van der Waals surface area contributed by atoms with Crippen LogP contribution in [0.1, 0.15) is 30.4 Å². The minimum Gasteiger partial charge on any atom is -0.490 e. The highest BCUT2D eigenvalue weighted by molar-refractivity contribution is 5.91. The molecule has 1 unspecified atom stereocenters. The van der Waals surface area contributed by atoms with Crippen molar-refractivity contribution in [2.24, 2.45) is 0 Å². The number of fused-ring (bicyclic) bond motifs is 2. The normalized spacial score (nSPS) is 27.6. The quantitative estimate of drug-likeness (QED) is 0.663. The molecule has 0 saturated heterocycles. The van der Waals surface area contributed by atoms with E-state index in [9.17, 15) is 4.79 Å². The van der Waals surface area contributed by atoms with Gasteiger partial charge in [0.1, 0.15) is 5.60 Å².